The summed E-state index contributed by atoms with van der Waals surface area (Å²) in [5.74, 6) is 0.773. The first kappa shape index (κ1) is 16.8. The Morgan fingerprint density at radius 2 is 2.04 bits per heavy atom. The van der Waals surface area contributed by atoms with Gasteiger partial charge in [-0.25, -0.2) is 9.97 Å². The number of hydrogen-bond acceptors (Lipinski definition) is 6. The molecule has 2 amide bonds. The summed E-state index contributed by atoms with van der Waals surface area (Å²) >= 11 is 1.30. The van der Waals surface area contributed by atoms with Gasteiger partial charge in [-0.15, -0.1) is 11.3 Å². The Bertz CT molecular complexity index is 916. The summed E-state index contributed by atoms with van der Waals surface area (Å²) in [6.07, 6.45) is 0. The van der Waals surface area contributed by atoms with Gasteiger partial charge in [0.1, 0.15) is 17.1 Å². The zero-order chi connectivity index (χ0) is 17.8. The average molecular weight is 356 g/mol. The lowest BCUT2D eigenvalue weighted by molar-refractivity contribution is -0.119. The van der Waals surface area contributed by atoms with E-state index in [0.717, 1.165) is 5.69 Å². The van der Waals surface area contributed by atoms with Crippen LogP contribution >= 0.6 is 11.3 Å². The SMILES string of the molecule is CC(=O)NCc1ccc(-c2csc(NC(=O)c3cccc(C)n3)n2)o1. The van der Waals surface area contributed by atoms with Gasteiger partial charge in [-0.3, -0.25) is 14.9 Å². The fraction of sp³-hybridized carbons (Fsp3) is 0.176. The van der Waals surface area contributed by atoms with E-state index >= 15 is 0 Å². The van der Waals surface area contributed by atoms with Crippen LogP contribution in [0.25, 0.3) is 11.5 Å². The number of furan rings is 1. The van der Waals surface area contributed by atoms with Crippen molar-refractivity contribution in [2.45, 2.75) is 20.4 Å². The van der Waals surface area contributed by atoms with Crippen LogP contribution in [-0.4, -0.2) is 21.8 Å². The van der Waals surface area contributed by atoms with Crippen LogP contribution in [0, 0.1) is 6.92 Å². The number of carbonyl (C=O) groups excluding carboxylic acids is 2. The first-order valence-electron chi connectivity index (χ1n) is 7.55. The Morgan fingerprint density at radius 1 is 1.20 bits per heavy atom. The molecule has 128 valence electrons. The van der Waals surface area contributed by atoms with E-state index in [0.29, 0.717) is 34.6 Å². The molecule has 0 unspecified atom stereocenters. The van der Waals surface area contributed by atoms with Gasteiger partial charge in [-0.05, 0) is 31.2 Å². The number of thiazole rings is 1. The molecule has 25 heavy (non-hydrogen) atoms. The van der Waals surface area contributed by atoms with E-state index in [4.69, 9.17) is 4.42 Å². The number of nitrogens with one attached hydrogen (secondary N) is 2. The van der Waals surface area contributed by atoms with Crippen molar-refractivity contribution in [2.24, 2.45) is 0 Å². The molecular formula is C17H16N4O3S. The molecule has 0 saturated heterocycles. The second kappa shape index (κ2) is 7.27. The van der Waals surface area contributed by atoms with Crippen molar-refractivity contribution in [3.8, 4) is 11.5 Å². The molecule has 0 radical (unpaired) electrons. The van der Waals surface area contributed by atoms with E-state index in [9.17, 15) is 9.59 Å². The van der Waals surface area contributed by atoms with E-state index in [1.165, 1.54) is 18.3 Å². The summed E-state index contributed by atoms with van der Waals surface area (Å²) in [4.78, 5) is 31.7. The number of aromatic nitrogens is 2. The highest BCUT2D eigenvalue weighted by Crippen LogP contribution is 2.26. The molecule has 0 bridgehead atoms. The maximum atomic E-state index is 12.2. The molecule has 0 fully saturated rings. The highest BCUT2D eigenvalue weighted by molar-refractivity contribution is 7.14. The first-order chi connectivity index (χ1) is 12.0. The number of carbonyl (C=O) groups is 2. The third-order valence-electron chi connectivity index (χ3n) is 3.27. The van der Waals surface area contributed by atoms with Gasteiger partial charge in [0.05, 0.1) is 6.54 Å². The van der Waals surface area contributed by atoms with Crippen molar-refractivity contribution in [3.05, 3.63) is 52.9 Å². The van der Waals surface area contributed by atoms with E-state index in [1.54, 1.807) is 29.6 Å². The van der Waals surface area contributed by atoms with E-state index in [1.807, 2.05) is 13.0 Å². The topological polar surface area (TPSA) is 97.1 Å². The van der Waals surface area contributed by atoms with Gasteiger partial charge >= 0.3 is 0 Å². The quantitative estimate of drug-likeness (QED) is 0.732. The van der Waals surface area contributed by atoms with Crippen molar-refractivity contribution >= 4 is 28.3 Å². The predicted molar refractivity (Wildman–Crippen MR) is 94.3 cm³/mol. The van der Waals surface area contributed by atoms with Crippen LogP contribution in [0.15, 0.2) is 40.1 Å². The highest BCUT2D eigenvalue weighted by Gasteiger charge is 2.13. The zero-order valence-corrected chi connectivity index (χ0v) is 14.5. The molecule has 0 aliphatic heterocycles. The number of aryl methyl sites for hydroxylation is 1. The van der Waals surface area contributed by atoms with Crippen molar-refractivity contribution < 1.29 is 14.0 Å². The molecule has 0 spiro atoms. The summed E-state index contributed by atoms with van der Waals surface area (Å²) in [6, 6.07) is 8.81. The van der Waals surface area contributed by atoms with Crippen molar-refractivity contribution in [3.63, 3.8) is 0 Å². The van der Waals surface area contributed by atoms with Gasteiger partial charge in [0, 0.05) is 18.0 Å². The number of hydrogen-bond donors (Lipinski definition) is 2. The van der Waals surface area contributed by atoms with Crippen LogP contribution < -0.4 is 10.6 Å². The minimum atomic E-state index is -0.310. The van der Waals surface area contributed by atoms with Gasteiger partial charge in [0.2, 0.25) is 5.91 Å². The van der Waals surface area contributed by atoms with E-state index < -0.39 is 0 Å². The Kier molecular flexibility index (Phi) is 4.90. The Morgan fingerprint density at radius 3 is 2.80 bits per heavy atom. The highest BCUT2D eigenvalue weighted by atomic mass is 32.1. The van der Waals surface area contributed by atoms with Crippen LogP contribution in [0.3, 0.4) is 0 Å². The molecule has 0 aliphatic rings. The largest absolute Gasteiger partial charge is 0.458 e. The summed E-state index contributed by atoms with van der Waals surface area (Å²) in [5.41, 5.74) is 1.73. The number of amides is 2. The maximum Gasteiger partial charge on any atom is 0.276 e. The molecule has 7 nitrogen and oxygen atoms in total. The molecule has 0 atom stereocenters. The van der Waals surface area contributed by atoms with Gasteiger partial charge in [-0.2, -0.15) is 0 Å². The Labute approximate surface area is 148 Å². The predicted octanol–water partition coefficient (Wildman–Crippen LogP) is 2.99. The lowest BCUT2D eigenvalue weighted by Crippen LogP contribution is -2.18. The fourth-order valence-electron chi connectivity index (χ4n) is 2.10. The molecule has 3 aromatic heterocycles. The first-order valence-corrected chi connectivity index (χ1v) is 8.43. The van der Waals surface area contributed by atoms with Crippen LogP contribution in [-0.2, 0) is 11.3 Å². The normalized spacial score (nSPS) is 10.5. The Hall–Kier alpha value is -3.00. The number of pyridine rings is 1. The van der Waals surface area contributed by atoms with Crippen molar-refractivity contribution in [1.82, 2.24) is 15.3 Å². The summed E-state index contributed by atoms with van der Waals surface area (Å²) in [6.45, 7) is 3.60. The molecule has 3 heterocycles. The maximum absolute atomic E-state index is 12.2. The molecule has 8 heteroatoms. The lowest BCUT2D eigenvalue weighted by Gasteiger charge is -2.01. The summed E-state index contributed by atoms with van der Waals surface area (Å²) in [5, 5.41) is 7.65. The fourth-order valence-corrected chi connectivity index (χ4v) is 2.79. The van der Waals surface area contributed by atoms with E-state index in [-0.39, 0.29) is 11.8 Å². The minimum Gasteiger partial charge on any atom is -0.458 e. The van der Waals surface area contributed by atoms with Crippen LogP contribution in [0.4, 0.5) is 5.13 Å². The monoisotopic (exact) mass is 356 g/mol. The molecular weight excluding hydrogens is 340 g/mol. The molecule has 0 aliphatic carbocycles. The molecule has 2 N–H and O–H groups in total. The lowest BCUT2D eigenvalue weighted by atomic mass is 10.3. The molecule has 0 aromatic carbocycles. The second-order valence-electron chi connectivity index (χ2n) is 5.33. The third kappa shape index (κ3) is 4.30. The number of anilines is 1. The second-order valence-corrected chi connectivity index (χ2v) is 6.19. The zero-order valence-electron chi connectivity index (χ0n) is 13.7. The van der Waals surface area contributed by atoms with Crippen LogP contribution in [0.5, 0.6) is 0 Å². The molecule has 3 aromatic rings. The number of nitrogens with zero attached hydrogens (tertiary/aromatic N) is 2. The summed E-state index contributed by atoms with van der Waals surface area (Å²) in [7, 11) is 0. The molecule has 0 saturated carbocycles. The van der Waals surface area contributed by atoms with Gasteiger partial charge in [-0.1, -0.05) is 6.07 Å². The van der Waals surface area contributed by atoms with Crippen molar-refractivity contribution in [1.29, 1.82) is 0 Å². The third-order valence-corrected chi connectivity index (χ3v) is 4.03. The molecule has 3 rings (SSSR count). The van der Waals surface area contributed by atoms with Crippen LogP contribution in [0.2, 0.25) is 0 Å². The van der Waals surface area contributed by atoms with Gasteiger partial charge < -0.3 is 9.73 Å². The van der Waals surface area contributed by atoms with Gasteiger partial charge in [0.25, 0.3) is 5.91 Å². The smallest absolute Gasteiger partial charge is 0.276 e. The van der Waals surface area contributed by atoms with Crippen molar-refractivity contribution in [2.75, 3.05) is 5.32 Å². The summed E-state index contributed by atoms with van der Waals surface area (Å²) < 4.78 is 5.64. The standard InChI is InChI=1S/C17H16N4O3S/c1-10-4-3-5-13(19-10)16(23)21-17-20-14(9-25-17)15-7-6-12(24-15)8-18-11(2)22/h3-7,9H,8H2,1-2H3,(H,18,22)(H,20,21,23). The Balaban J connectivity index is 1.68. The van der Waals surface area contributed by atoms with Gasteiger partial charge in [0.15, 0.2) is 10.9 Å². The van der Waals surface area contributed by atoms with E-state index in [2.05, 4.69) is 20.6 Å². The van der Waals surface area contributed by atoms with Crippen LogP contribution in [0.1, 0.15) is 28.9 Å². The number of rotatable bonds is 5. The minimum absolute atomic E-state index is 0.124. The average Bonchev–Trinajstić information content (AvgIpc) is 3.22.